The Morgan fingerprint density at radius 2 is 2.14 bits per heavy atom. The van der Waals surface area contributed by atoms with Crippen molar-refractivity contribution in [3.63, 3.8) is 0 Å². The van der Waals surface area contributed by atoms with Crippen LogP contribution >= 0.6 is 0 Å². The summed E-state index contributed by atoms with van der Waals surface area (Å²) in [5.41, 5.74) is 0. The highest BCUT2D eigenvalue weighted by Crippen LogP contribution is 2.08. The standard InChI is InChI=1S/C11H24N2O/c1-2-10(5-8-14)9-13-11-3-6-12-7-4-11/h10-14H,2-9H2,1H3. The molecule has 0 saturated carbocycles. The van der Waals surface area contributed by atoms with E-state index in [2.05, 4.69) is 17.6 Å². The van der Waals surface area contributed by atoms with E-state index in [-0.39, 0.29) is 0 Å². The number of rotatable bonds is 6. The van der Waals surface area contributed by atoms with Gasteiger partial charge in [-0.3, -0.25) is 0 Å². The lowest BCUT2D eigenvalue weighted by Crippen LogP contribution is -2.41. The second-order valence-electron chi connectivity index (χ2n) is 4.22. The Morgan fingerprint density at radius 3 is 2.71 bits per heavy atom. The van der Waals surface area contributed by atoms with Crippen LogP contribution in [-0.2, 0) is 0 Å². The second kappa shape index (κ2) is 7.21. The molecule has 1 aliphatic heterocycles. The van der Waals surface area contributed by atoms with E-state index in [1.54, 1.807) is 0 Å². The van der Waals surface area contributed by atoms with Crippen LogP contribution in [0.3, 0.4) is 0 Å². The van der Waals surface area contributed by atoms with E-state index in [1.165, 1.54) is 19.3 Å². The molecule has 14 heavy (non-hydrogen) atoms. The predicted octanol–water partition coefficient (Wildman–Crippen LogP) is 0.737. The molecular weight excluding hydrogens is 176 g/mol. The Morgan fingerprint density at radius 1 is 1.43 bits per heavy atom. The molecule has 0 bridgehead atoms. The van der Waals surface area contributed by atoms with Crippen molar-refractivity contribution in [2.24, 2.45) is 5.92 Å². The molecule has 1 fully saturated rings. The van der Waals surface area contributed by atoms with Gasteiger partial charge in [-0.25, -0.2) is 0 Å². The van der Waals surface area contributed by atoms with E-state index in [4.69, 9.17) is 5.11 Å². The average molecular weight is 200 g/mol. The minimum absolute atomic E-state index is 0.326. The molecule has 0 aromatic carbocycles. The van der Waals surface area contributed by atoms with Crippen molar-refractivity contribution in [3.8, 4) is 0 Å². The van der Waals surface area contributed by atoms with Gasteiger partial charge >= 0.3 is 0 Å². The zero-order valence-corrected chi connectivity index (χ0v) is 9.26. The lowest BCUT2D eigenvalue weighted by atomic mass is 10.0. The summed E-state index contributed by atoms with van der Waals surface area (Å²) in [7, 11) is 0. The van der Waals surface area contributed by atoms with Gasteiger partial charge in [0.15, 0.2) is 0 Å². The number of nitrogens with one attached hydrogen (secondary N) is 2. The summed E-state index contributed by atoms with van der Waals surface area (Å²) in [6.45, 7) is 5.89. The van der Waals surface area contributed by atoms with Gasteiger partial charge < -0.3 is 15.7 Å². The summed E-state index contributed by atoms with van der Waals surface area (Å²) < 4.78 is 0. The van der Waals surface area contributed by atoms with Gasteiger partial charge in [-0.05, 0) is 44.8 Å². The fourth-order valence-electron chi connectivity index (χ4n) is 1.99. The topological polar surface area (TPSA) is 44.3 Å². The summed E-state index contributed by atoms with van der Waals surface area (Å²) in [6.07, 6.45) is 4.60. The molecule has 1 rings (SSSR count). The Hall–Kier alpha value is -0.120. The number of hydrogen-bond donors (Lipinski definition) is 3. The molecule has 0 amide bonds. The molecule has 3 N–H and O–H groups in total. The molecule has 3 nitrogen and oxygen atoms in total. The highest BCUT2D eigenvalue weighted by atomic mass is 16.3. The van der Waals surface area contributed by atoms with Gasteiger partial charge in [0.05, 0.1) is 0 Å². The van der Waals surface area contributed by atoms with Crippen LogP contribution in [0.2, 0.25) is 0 Å². The van der Waals surface area contributed by atoms with Crippen molar-refractivity contribution < 1.29 is 5.11 Å². The Labute approximate surface area is 87.3 Å². The van der Waals surface area contributed by atoms with Gasteiger partial charge in [-0.2, -0.15) is 0 Å². The molecule has 0 aliphatic carbocycles. The molecule has 0 spiro atoms. The van der Waals surface area contributed by atoms with Gasteiger partial charge in [-0.1, -0.05) is 13.3 Å². The summed E-state index contributed by atoms with van der Waals surface area (Å²) in [5, 5.41) is 15.8. The van der Waals surface area contributed by atoms with Crippen LogP contribution in [-0.4, -0.2) is 37.4 Å². The van der Waals surface area contributed by atoms with Gasteiger partial charge in [-0.15, -0.1) is 0 Å². The fraction of sp³-hybridized carbons (Fsp3) is 1.00. The largest absolute Gasteiger partial charge is 0.396 e. The van der Waals surface area contributed by atoms with Crippen molar-refractivity contribution >= 4 is 0 Å². The van der Waals surface area contributed by atoms with Crippen LogP contribution in [0.1, 0.15) is 32.6 Å². The number of aliphatic hydroxyl groups is 1. The maximum atomic E-state index is 8.87. The first-order chi connectivity index (χ1) is 6.86. The maximum absolute atomic E-state index is 8.87. The van der Waals surface area contributed by atoms with Crippen molar-refractivity contribution in [2.45, 2.75) is 38.6 Å². The van der Waals surface area contributed by atoms with E-state index >= 15 is 0 Å². The number of aliphatic hydroxyl groups excluding tert-OH is 1. The maximum Gasteiger partial charge on any atom is 0.0434 e. The third-order valence-corrected chi connectivity index (χ3v) is 3.15. The molecule has 1 aliphatic rings. The summed E-state index contributed by atoms with van der Waals surface area (Å²) in [6, 6.07) is 0.698. The minimum atomic E-state index is 0.326. The van der Waals surface area contributed by atoms with E-state index in [0.717, 1.165) is 26.1 Å². The van der Waals surface area contributed by atoms with Crippen LogP contribution in [0.15, 0.2) is 0 Å². The van der Waals surface area contributed by atoms with E-state index in [1.807, 2.05) is 0 Å². The molecule has 0 aromatic rings. The predicted molar refractivity (Wildman–Crippen MR) is 59.4 cm³/mol. The van der Waals surface area contributed by atoms with Crippen LogP contribution < -0.4 is 10.6 Å². The summed E-state index contributed by atoms with van der Waals surface area (Å²) >= 11 is 0. The molecule has 1 atom stereocenters. The molecule has 1 unspecified atom stereocenters. The van der Waals surface area contributed by atoms with Gasteiger partial charge in [0.2, 0.25) is 0 Å². The monoisotopic (exact) mass is 200 g/mol. The van der Waals surface area contributed by atoms with Crippen molar-refractivity contribution in [2.75, 3.05) is 26.2 Å². The molecule has 0 radical (unpaired) electrons. The van der Waals surface area contributed by atoms with Gasteiger partial charge in [0, 0.05) is 12.6 Å². The first-order valence-electron chi connectivity index (χ1n) is 5.91. The van der Waals surface area contributed by atoms with Gasteiger partial charge in [0.1, 0.15) is 0 Å². The average Bonchev–Trinajstić information content (AvgIpc) is 2.25. The quantitative estimate of drug-likeness (QED) is 0.592. The molecule has 1 heterocycles. The van der Waals surface area contributed by atoms with Crippen molar-refractivity contribution in [3.05, 3.63) is 0 Å². The lowest BCUT2D eigenvalue weighted by molar-refractivity contribution is 0.245. The highest BCUT2D eigenvalue weighted by Gasteiger charge is 2.13. The summed E-state index contributed by atoms with van der Waals surface area (Å²) in [5.74, 6) is 0.648. The highest BCUT2D eigenvalue weighted by molar-refractivity contribution is 4.75. The minimum Gasteiger partial charge on any atom is -0.396 e. The summed E-state index contributed by atoms with van der Waals surface area (Å²) in [4.78, 5) is 0. The van der Waals surface area contributed by atoms with E-state index < -0.39 is 0 Å². The van der Waals surface area contributed by atoms with Crippen LogP contribution in [0.4, 0.5) is 0 Å². The smallest absolute Gasteiger partial charge is 0.0434 e. The second-order valence-corrected chi connectivity index (χ2v) is 4.22. The number of piperidine rings is 1. The van der Waals surface area contributed by atoms with Crippen LogP contribution in [0.5, 0.6) is 0 Å². The third kappa shape index (κ3) is 4.40. The van der Waals surface area contributed by atoms with Gasteiger partial charge in [0.25, 0.3) is 0 Å². The lowest BCUT2D eigenvalue weighted by Gasteiger charge is -2.25. The molecule has 0 aromatic heterocycles. The molecule has 84 valence electrons. The number of hydrogen-bond acceptors (Lipinski definition) is 3. The third-order valence-electron chi connectivity index (χ3n) is 3.15. The zero-order valence-electron chi connectivity index (χ0n) is 9.26. The Bertz CT molecular complexity index is 130. The normalized spacial score (nSPS) is 21.0. The Balaban J connectivity index is 2.10. The first kappa shape index (κ1) is 12.0. The van der Waals surface area contributed by atoms with E-state index in [0.29, 0.717) is 18.6 Å². The SMILES string of the molecule is CCC(CCO)CNC1CCNCC1. The molecule has 1 saturated heterocycles. The van der Waals surface area contributed by atoms with E-state index in [9.17, 15) is 0 Å². The molecule has 3 heteroatoms. The molecular formula is C11H24N2O. The van der Waals surface area contributed by atoms with Crippen molar-refractivity contribution in [1.82, 2.24) is 10.6 Å². The zero-order chi connectivity index (χ0) is 10.2. The Kier molecular flexibility index (Phi) is 6.15. The van der Waals surface area contributed by atoms with Crippen molar-refractivity contribution in [1.29, 1.82) is 0 Å². The van der Waals surface area contributed by atoms with Crippen LogP contribution in [0, 0.1) is 5.92 Å². The first-order valence-corrected chi connectivity index (χ1v) is 5.91. The fourth-order valence-corrected chi connectivity index (χ4v) is 1.99. The van der Waals surface area contributed by atoms with Crippen LogP contribution in [0.25, 0.3) is 0 Å².